The Hall–Kier alpha value is -1.15. The summed E-state index contributed by atoms with van der Waals surface area (Å²) in [4.78, 5) is 26.7. The highest BCUT2D eigenvalue weighted by molar-refractivity contribution is 14.0. The second-order valence-electron chi connectivity index (χ2n) is 6.06. The first-order valence-corrected chi connectivity index (χ1v) is 7.67. The number of benzene rings is 1. The van der Waals surface area contributed by atoms with Gasteiger partial charge in [-0.2, -0.15) is 0 Å². The summed E-state index contributed by atoms with van der Waals surface area (Å²) in [7, 11) is 3.42. The Bertz CT molecular complexity index is 565. The lowest BCUT2D eigenvalue weighted by Crippen LogP contribution is -2.53. The molecule has 2 saturated heterocycles. The molecule has 0 spiro atoms. The zero-order valence-corrected chi connectivity index (χ0v) is 15.6. The predicted molar refractivity (Wildman–Crippen MR) is 95.8 cm³/mol. The van der Waals surface area contributed by atoms with Crippen LogP contribution in [-0.2, 0) is 14.3 Å². The molecule has 0 amide bonds. The van der Waals surface area contributed by atoms with Crippen molar-refractivity contribution in [2.45, 2.75) is 37.5 Å². The second kappa shape index (κ2) is 7.61. The van der Waals surface area contributed by atoms with Gasteiger partial charge < -0.3 is 9.47 Å². The van der Waals surface area contributed by atoms with Gasteiger partial charge in [-0.25, -0.2) is 4.79 Å². The number of hydrogen-bond donors (Lipinski definition) is 0. The van der Waals surface area contributed by atoms with Crippen molar-refractivity contribution in [3.05, 3.63) is 35.9 Å². The summed E-state index contributed by atoms with van der Waals surface area (Å²) in [5.41, 5.74) is 0.511. The molecule has 2 aliphatic rings. The van der Waals surface area contributed by atoms with E-state index in [0.29, 0.717) is 18.0 Å². The lowest BCUT2D eigenvalue weighted by Gasteiger charge is -2.40. The van der Waals surface area contributed by atoms with Crippen LogP contribution in [0.5, 0.6) is 0 Å². The normalized spacial score (nSPS) is 29.5. The van der Waals surface area contributed by atoms with Crippen LogP contribution < -0.4 is 0 Å². The van der Waals surface area contributed by atoms with Crippen LogP contribution in [0.3, 0.4) is 0 Å². The Kier molecular flexibility index (Phi) is 6.02. The van der Waals surface area contributed by atoms with Gasteiger partial charge in [-0.3, -0.25) is 9.69 Å². The number of nitrogens with zero attached hydrogens (tertiary/aromatic N) is 1. The molecule has 23 heavy (non-hydrogen) atoms. The summed E-state index contributed by atoms with van der Waals surface area (Å²) < 4.78 is 10.6. The minimum absolute atomic E-state index is 0. The number of methoxy groups -OCH3 is 1. The van der Waals surface area contributed by atoms with Crippen molar-refractivity contribution in [2.24, 2.45) is 5.92 Å². The van der Waals surface area contributed by atoms with Crippen molar-refractivity contribution < 1.29 is 19.1 Å². The molecule has 0 saturated carbocycles. The first-order valence-electron chi connectivity index (χ1n) is 7.67. The number of rotatable bonds is 3. The van der Waals surface area contributed by atoms with Gasteiger partial charge in [0.25, 0.3) is 0 Å². The number of fused-ring (bicyclic) bond motifs is 2. The first-order chi connectivity index (χ1) is 10.6. The Morgan fingerprint density at radius 3 is 2.52 bits per heavy atom. The van der Waals surface area contributed by atoms with E-state index >= 15 is 0 Å². The smallest absolute Gasteiger partial charge is 0.338 e. The third-order valence-corrected chi connectivity index (χ3v) is 4.96. The maximum absolute atomic E-state index is 12.3. The fourth-order valence-corrected chi connectivity index (χ4v) is 3.77. The zero-order valence-electron chi connectivity index (χ0n) is 13.3. The molecule has 6 heteroatoms. The van der Waals surface area contributed by atoms with Crippen molar-refractivity contribution in [2.75, 3.05) is 14.2 Å². The van der Waals surface area contributed by atoms with Gasteiger partial charge in [0.15, 0.2) is 0 Å². The van der Waals surface area contributed by atoms with Crippen LogP contribution in [0, 0.1) is 5.92 Å². The van der Waals surface area contributed by atoms with E-state index < -0.39 is 12.0 Å². The number of carbonyl (C=O) groups is 2. The zero-order chi connectivity index (χ0) is 15.7. The Labute approximate surface area is 153 Å². The number of hydrogen-bond acceptors (Lipinski definition) is 5. The van der Waals surface area contributed by atoms with Gasteiger partial charge in [0.1, 0.15) is 12.0 Å². The Morgan fingerprint density at radius 2 is 1.87 bits per heavy atom. The number of halogens is 1. The van der Waals surface area contributed by atoms with Crippen LogP contribution in [0.1, 0.15) is 29.6 Å². The van der Waals surface area contributed by atoms with Gasteiger partial charge in [0.2, 0.25) is 0 Å². The molecule has 0 radical (unpaired) electrons. The lowest BCUT2D eigenvalue weighted by molar-refractivity contribution is -0.156. The third kappa shape index (κ3) is 3.52. The topological polar surface area (TPSA) is 55.8 Å². The highest BCUT2D eigenvalue weighted by Gasteiger charge is 2.50. The molecule has 1 aromatic carbocycles. The van der Waals surface area contributed by atoms with Crippen LogP contribution >= 0.6 is 24.0 Å². The summed E-state index contributed by atoms with van der Waals surface area (Å²) in [6, 6.07) is 9.36. The SMILES string of the molecule is COC(=O)[C@H]1[C@@H](OC(=O)c2ccccc2)C[C@@H]2CC[C@H]1N2C.I. The average Bonchev–Trinajstić information content (AvgIpc) is 2.78. The van der Waals surface area contributed by atoms with Crippen molar-refractivity contribution in [1.29, 1.82) is 0 Å². The summed E-state index contributed by atoms with van der Waals surface area (Å²) >= 11 is 0. The largest absolute Gasteiger partial charge is 0.469 e. The number of carbonyl (C=O) groups excluding carboxylic acids is 2. The van der Waals surface area contributed by atoms with E-state index in [9.17, 15) is 9.59 Å². The van der Waals surface area contributed by atoms with Crippen molar-refractivity contribution in [3.8, 4) is 0 Å². The van der Waals surface area contributed by atoms with Gasteiger partial charge in [0.05, 0.1) is 12.7 Å². The molecule has 2 aliphatic heterocycles. The standard InChI is InChI=1S/C17H21NO4.HI/c1-18-12-8-9-13(18)15(17(20)21-2)14(10-12)22-16(19)11-6-4-3-5-7-11;/h3-7,12-15H,8-10H2,1-2H3;1H/t12-,13+,14-,15+;/m0./s1. The average molecular weight is 431 g/mol. The molecule has 0 aliphatic carbocycles. The maximum atomic E-state index is 12.3. The van der Waals surface area contributed by atoms with Gasteiger partial charge in [-0.05, 0) is 32.0 Å². The third-order valence-electron chi connectivity index (χ3n) is 4.96. The van der Waals surface area contributed by atoms with E-state index in [2.05, 4.69) is 4.90 Å². The molecule has 1 aromatic rings. The first kappa shape index (κ1) is 18.2. The van der Waals surface area contributed by atoms with E-state index in [1.54, 1.807) is 24.3 Å². The Morgan fingerprint density at radius 1 is 1.17 bits per heavy atom. The second-order valence-corrected chi connectivity index (χ2v) is 6.06. The summed E-state index contributed by atoms with van der Waals surface area (Å²) in [6.45, 7) is 0. The number of ether oxygens (including phenoxy) is 2. The molecule has 2 heterocycles. The minimum atomic E-state index is -0.408. The molecule has 2 bridgehead atoms. The molecule has 4 atom stereocenters. The van der Waals surface area contributed by atoms with Crippen LogP contribution in [0.2, 0.25) is 0 Å². The Balaban J connectivity index is 0.00000192. The van der Waals surface area contributed by atoms with E-state index in [0.717, 1.165) is 12.8 Å². The fraction of sp³-hybridized carbons (Fsp3) is 0.529. The van der Waals surface area contributed by atoms with E-state index in [1.165, 1.54) is 7.11 Å². The van der Waals surface area contributed by atoms with Crippen LogP contribution in [0.4, 0.5) is 0 Å². The summed E-state index contributed by atoms with van der Waals surface area (Å²) in [5, 5.41) is 0. The van der Waals surface area contributed by atoms with E-state index in [-0.39, 0.29) is 42.0 Å². The minimum Gasteiger partial charge on any atom is -0.469 e. The van der Waals surface area contributed by atoms with Gasteiger partial charge in [-0.1, -0.05) is 18.2 Å². The van der Waals surface area contributed by atoms with Crippen molar-refractivity contribution >= 4 is 35.9 Å². The van der Waals surface area contributed by atoms with Gasteiger partial charge in [-0.15, -0.1) is 24.0 Å². The van der Waals surface area contributed by atoms with Crippen LogP contribution in [0.25, 0.3) is 0 Å². The highest BCUT2D eigenvalue weighted by Crippen LogP contribution is 2.40. The van der Waals surface area contributed by atoms with Gasteiger partial charge in [0, 0.05) is 18.5 Å². The molecule has 0 unspecified atom stereocenters. The van der Waals surface area contributed by atoms with E-state index in [4.69, 9.17) is 9.47 Å². The highest BCUT2D eigenvalue weighted by atomic mass is 127. The predicted octanol–water partition coefficient (Wildman–Crippen LogP) is 2.49. The van der Waals surface area contributed by atoms with Crippen LogP contribution in [0.15, 0.2) is 30.3 Å². The van der Waals surface area contributed by atoms with Gasteiger partial charge >= 0.3 is 11.9 Å². The monoisotopic (exact) mass is 431 g/mol. The number of esters is 2. The van der Waals surface area contributed by atoms with Crippen LogP contribution in [-0.4, -0.2) is 49.2 Å². The fourth-order valence-electron chi connectivity index (χ4n) is 3.77. The number of piperidine rings is 1. The summed E-state index contributed by atoms with van der Waals surface area (Å²) in [5.74, 6) is -1.06. The van der Waals surface area contributed by atoms with E-state index in [1.807, 2.05) is 13.1 Å². The molecule has 2 fully saturated rings. The molecule has 126 valence electrons. The van der Waals surface area contributed by atoms with Crippen molar-refractivity contribution in [1.82, 2.24) is 4.90 Å². The van der Waals surface area contributed by atoms with Crippen molar-refractivity contribution in [3.63, 3.8) is 0 Å². The quantitative estimate of drug-likeness (QED) is 0.544. The summed E-state index contributed by atoms with van der Waals surface area (Å²) in [6.07, 6.45) is 2.26. The molecule has 0 N–H and O–H groups in total. The molecule has 0 aromatic heterocycles. The molecule has 5 nitrogen and oxygen atoms in total. The lowest BCUT2D eigenvalue weighted by atomic mass is 9.87. The molecular weight excluding hydrogens is 409 g/mol. The molecule has 3 rings (SSSR count). The molecular formula is C17H22INO4. The maximum Gasteiger partial charge on any atom is 0.338 e.